The Labute approximate surface area is 105 Å². The second-order valence-corrected chi connectivity index (χ2v) is 5.79. The fraction of sp³-hybridized carbons (Fsp3) is 0.667. The van der Waals surface area contributed by atoms with Crippen molar-refractivity contribution in [3.05, 3.63) is 16.1 Å². The van der Waals surface area contributed by atoms with E-state index >= 15 is 0 Å². The van der Waals surface area contributed by atoms with Crippen LogP contribution in [0.1, 0.15) is 29.1 Å². The van der Waals surface area contributed by atoms with Gasteiger partial charge >= 0.3 is 5.97 Å². The Kier molecular flexibility index (Phi) is 4.12. The summed E-state index contributed by atoms with van der Waals surface area (Å²) in [7, 11) is 2.16. The van der Waals surface area contributed by atoms with Gasteiger partial charge in [-0.3, -0.25) is 4.79 Å². The average Bonchev–Trinajstić information content (AvgIpc) is 2.87. The fourth-order valence-electron chi connectivity index (χ4n) is 2.23. The molecule has 1 saturated heterocycles. The number of hydrogen-bond donors (Lipinski definition) is 1. The van der Waals surface area contributed by atoms with Crippen molar-refractivity contribution in [2.45, 2.75) is 38.1 Å². The second kappa shape index (κ2) is 5.60. The van der Waals surface area contributed by atoms with Crippen molar-refractivity contribution in [2.75, 3.05) is 13.6 Å². The fourth-order valence-corrected chi connectivity index (χ4v) is 3.22. The second-order valence-electron chi connectivity index (χ2n) is 4.59. The van der Waals surface area contributed by atoms with Crippen molar-refractivity contribution >= 4 is 17.3 Å². The van der Waals surface area contributed by atoms with E-state index in [0.29, 0.717) is 12.5 Å². The van der Waals surface area contributed by atoms with Crippen LogP contribution in [0.4, 0.5) is 0 Å². The van der Waals surface area contributed by atoms with E-state index in [0.717, 1.165) is 16.3 Å². The van der Waals surface area contributed by atoms with Gasteiger partial charge in [-0.25, -0.2) is 4.98 Å². The molecule has 4 nitrogen and oxygen atoms in total. The normalized spacial score (nSPS) is 20.9. The molecule has 1 aliphatic rings. The zero-order valence-corrected chi connectivity index (χ0v) is 10.9. The summed E-state index contributed by atoms with van der Waals surface area (Å²) in [5.74, 6) is -0.740. The molecule has 1 unspecified atom stereocenters. The van der Waals surface area contributed by atoms with Crippen molar-refractivity contribution in [3.63, 3.8) is 0 Å². The molecule has 0 bridgehead atoms. The van der Waals surface area contributed by atoms with Gasteiger partial charge in [-0.2, -0.15) is 0 Å². The van der Waals surface area contributed by atoms with Crippen LogP contribution in [0.25, 0.3) is 0 Å². The predicted octanol–water partition coefficient (Wildman–Crippen LogP) is 1.80. The third kappa shape index (κ3) is 3.51. The summed E-state index contributed by atoms with van der Waals surface area (Å²) < 4.78 is 0. The molecule has 0 saturated carbocycles. The molecule has 2 heterocycles. The third-order valence-electron chi connectivity index (χ3n) is 3.27. The van der Waals surface area contributed by atoms with Crippen LogP contribution in [0.3, 0.4) is 0 Å². The largest absolute Gasteiger partial charge is 0.481 e. The minimum Gasteiger partial charge on any atom is -0.481 e. The van der Waals surface area contributed by atoms with Crippen LogP contribution in [0, 0.1) is 0 Å². The molecular formula is C12H18N2O2S. The minimum absolute atomic E-state index is 0.199. The Hall–Kier alpha value is -0.940. The molecule has 1 aliphatic heterocycles. The molecule has 1 aromatic rings. The lowest BCUT2D eigenvalue weighted by Gasteiger charge is -2.17. The molecule has 1 N–H and O–H groups in total. The Morgan fingerprint density at radius 2 is 2.53 bits per heavy atom. The first kappa shape index (κ1) is 12.5. The van der Waals surface area contributed by atoms with Crippen LogP contribution in [-0.2, 0) is 17.6 Å². The Bertz CT molecular complexity index is 392. The van der Waals surface area contributed by atoms with Crippen LogP contribution < -0.4 is 0 Å². The van der Waals surface area contributed by atoms with Gasteiger partial charge in [0.05, 0.1) is 11.4 Å². The number of aliphatic carboxylic acids is 1. The molecule has 5 heteroatoms. The zero-order valence-electron chi connectivity index (χ0n) is 10.1. The van der Waals surface area contributed by atoms with Crippen molar-refractivity contribution in [2.24, 2.45) is 0 Å². The number of thiazole rings is 1. The van der Waals surface area contributed by atoms with E-state index in [9.17, 15) is 4.79 Å². The maximum absolute atomic E-state index is 10.5. The highest BCUT2D eigenvalue weighted by molar-refractivity contribution is 7.11. The number of rotatable bonds is 5. The summed E-state index contributed by atoms with van der Waals surface area (Å²) in [6.07, 6.45) is 6.17. The summed E-state index contributed by atoms with van der Waals surface area (Å²) in [6, 6.07) is 0.619. The van der Waals surface area contributed by atoms with Crippen LogP contribution in [0.2, 0.25) is 0 Å². The van der Waals surface area contributed by atoms with Gasteiger partial charge in [-0.05, 0) is 32.9 Å². The van der Waals surface area contributed by atoms with E-state index in [1.807, 2.05) is 6.20 Å². The predicted molar refractivity (Wildman–Crippen MR) is 67.4 cm³/mol. The molecule has 17 heavy (non-hydrogen) atoms. The van der Waals surface area contributed by atoms with Gasteiger partial charge in [0.15, 0.2) is 0 Å². The maximum atomic E-state index is 10.5. The van der Waals surface area contributed by atoms with Crippen molar-refractivity contribution < 1.29 is 9.90 Å². The summed E-state index contributed by atoms with van der Waals surface area (Å²) in [5.41, 5.74) is 0. The molecule has 0 aliphatic carbocycles. The van der Waals surface area contributed by atoms with Crippen LogP contribution in [-0.4, -0.2) is 40.6 Å². The van der Waals surface area contributed by atoms with E-state index in [1.54, 1.807) is 11.3 Å². The number of carboxylic acids is 1. The van der Waals surface area contributed by atoms with Crippen LogP contribution in [0.5, 0.6) is 0 Å². The van der Waals surface area contributed by atoms with Gasteiger partial charge in [0.2, 0.25) is 0 Å². The minimum atomic E-state index is -0.740. The van der Waals surface area contributed by atoms with Gasteiger partial charge in [0.1, 0.15) is 0 Å². The smallest absolute Gasteiger partial charge is 0.303 e. The Morgan fingerprint density at radius 1 is 1.71 bits per heavy atom. The number of aryl methyl sites for hydroxylation is 1. The first-order valence-electron chi connectivity index (χ1n) is 6.01. The number of likely N-dealkylation sites (tertiary alicyclic amines) is 1. The lowest BCUT2D eigenvalue weighted by atomic mass is 10.1. The van der Waals surface area contributed by atoms with E-state index in [4.69, 9.17) is 5.11 Å². The maximum Gasteiger partial charge on any atom is 0.303 e. The first-order chi connectivity index (χ1) is 8.15. The number of carbonyl (C=O) groups is 1. The molecule has 1 atom stereocenters. The number of nitrogens with zero attached hydrogens (tertiary/aromatic N) is 2. The summed E-state index contributed by atoms with van der Waals surface area (Å²) in [5, 5.41) is 9.77. The monoisotopic (exact) mass is 254 g/mol. The Morgan fingerprint density at radius 3 is 3.18 bits per heavy atom. The van der Waals surface area contributed by atoms with Crippen molar-refractivity contribution in [1.29, 1.82) is 0 Å². The molecule has 0 radical (unpaired) electrons. The molecule has 2 rings (SSSR count). The van der Waals surface area contributed by atoms with Crippen LogP contribution in [0.15, 0.2) is 6.20 Å². The van der Waals surface area contributed by atoms with Gasteiger partial charge in [0.25, 0.3) is 0 Å². The quantitative estimate of drug-likeness (QED) is 0.870. The molecule has 94 valence electrons. The number of aromatic nitrogens is 1. The number of hydrogen-bond acceptors (Lipinski definition) is 4. The van der Waals surface area contributed by atoms with Crippen molar-refractivity contribution in [3.8, 4) is 0 Å². The van der Waals surface area contributed by atoms with Crippen molar-refractivity contribution in [1.82, 2.24) is 9.88 Å². The van der Waals surface area contributed by atoms with Gasteiger partial charge in [-0.15, -0.1) is 11.3 Å². The van der Waals surface area contributed by atoms with E-state index in [2.05, 4.69) is 16.9 Å². The topological polar surface area (TPSA) is 53.4 Å². The number of carboxylic acid groups (broad SMARTS) is 1. The summed E-state index contributed by atoms with van der Waals surface area (Å²) >= 11 is 1.66. The van der Waals surface area contributed by atoms with E-state index in [-0.39, 0.29) is 6.42 Å². The average molecular weight is 254 g/mol. The highest BCUT2D eigenvalue weighted by Crippen LogP contribution is 2.22. The standard InChI is InChI=1S/C12H18N2O2S/c1-14-6-2-3-9(14)7-11-13-8-10(17-11)4-5-12(15)16/h8-9H,2-7H2,1H3,(H,15,16). The van der Waals surface area contributed by atoms with E-state index in [1.165, 1.54) is 19.4 Å². The highest BCUT2D eigenvalue weighted by Gasteiger charge is 2.22. The van der Waals surface area contributed by atoms with Gasteiger partial charge in [0, 0.05) is 23.5 Å². The molecule has 0 spiro atoms. The summed E-state index contributed by atoms with van der Waals surface area (Å²) in [4.78, 5) is 18.3. The van der Waals surface area contributed by atoms with Crippen LogP contribution >= 0.6 is 11.3 Å². The number of likely N-dealkylation sites (N-methyl/N-ethyl adjacent to an activating group) is 1. The summed E-state index contributed by atoms with van der Waals surface area (Å²) in [6.45, 7) is 1.18. The third-order valence-corrected chi connectivity index (χ3v) is 4.35. The molecule has 1 aromatic heterocycles. The molecule has 0 aromatic carbocycles. The lowest BCUT2D eigenvalue weighted by molar-refractivity contribution is -0.136. The first-order valence-corrected chi connectivity index (χ1v) is 6.82. The van der Waals surface area contributed by atoms with E-state index < -0.39 is 5.97 Å². The molecule has 0 amide bonds. The zero-order chi connectivity index (χ0) is 12.3. The molecular weight excluding hydrogens is 236 g/mol. The lowest BCUT2D eigenvalue weighted by Crippen LogP contribution is -2.26. The Balaban J connectivity index is 1.87. The highest BCUT2D eigenvalue weighted by atomic mass is 32.1. The van der Waals surface area contributed by atoms with Gasteiger partial charge < -0.3 is 10.0 Å². The SMILES string of the molecule is CN1CCCC1Cc1ncc(CCC(=O)O)s1. The molecule has 1 fully saturated rings. The van der Waals surface area contributed by atoms with Gasteiger partial charge in [-0.1, -0.05) is 0 Å².